The van der Waals surface area contributed by atoms with Crippen LogP contribution >= 0.6 is 0 Å². The lowest BCUT2D eigenvalue weighted by atomic mass is 10.3. The van der Waals surface area contributed by atoms with Crippen molar-refractivity contribution in [2.45, 2.75) is 24.7 Å². The Kier molecular flexibility index (Phi) is 5.54. The average Bonchev–Trinajstić information content (AvgIpc) is 2.35. The van der Waals surface area contributed by atoms with Crippen molar-refractivity contribution in [1.29, 1.82) is 0 Å². The van der Waals surface area contributed by atoms with Crippen LogP contribution in [0.3, 0.4) is 0 Å². The first-order chi connectivity index (χ1) is 8.12. The van der Waals surface area contributed by atoms with Crippen LogP contribution in [0.4, 0.5) is 0 Å². The Labute approximate surface area is 102 Å². The maximum absolute atomic E-state index is 12.2. The highest BCUT2D eigenvalue weighted by Crippen LogP contribution is 2.14. The highest BCUT2D eigenvalue weighted by Gasteiger charge is 2.23. The van der Waals surface area contributed by atoms with E-state index in [0.717, 1.165) is 12.8 Å². The number of rotatable bonds is 7. The number of hydrogen-bond donors (Lipinski definition) is 1. The van der Waals surface area contributed by atoms with E-state index in [9.17, 15) is 8.42 Å². The van der Waals surface area contributed by atoms with E-state index in [-0.39, 0.29) is 18.0 Å². The van der Waals surface area contributed by atoms with Crippen LogP contribution in [-0.2, 0) is 10.0 Å². The van der Waals surface area contributed by atoms with Crippen molar-refractivity contribution >= 4 is 10.0 Å². The number of nitrogens with zero attached hydrogens (tertiary/aromatic N) is 2. The minimum Gasteiger partial charge on any atom is -0.395 e. The van der Waals surface area contributed by atoms with Gasteiger partial charge in [-0.05, 0) is 18.6 Å². The van der Waals surface area contributed by atoms with Crippen molar-refractivity contribution in [1.82, 2.24) is 9.29 Å². The van der Waals surface area contributed by atoms with Crippen molar-refractivity contribution < 1.29 is 13.5 Å². The van der Waals surface area contributed by atoms with Crippen molar-refractivity contribution in [2.24, 2.45) is 0 Å². The van der Waals surface area contributed by atoms with Crippen LogP contribution in [-0.4, -0.2) is 42.5 Å². The largest absolute Gasteiger partial charge is 0.395 e. The van der Waals surface area contributed by atoms with Gasteiger partial charge in [-0.2, -0.15) is 4.31 Å². The topological polar surface area (TPSA) is 70.5 Å². The van der Waals surface area contributed by atoms with Gasteiger partial charge in [0.2, 0.25) is 10.0 Å². The number of sulfonamides is 1. The molecule has 0 atom stereocenters. The Bertz CT molecular complexity index is 420. The van der Waals surface area contributed by atoms with Gasteiger partial charge in [-0.25, -0.2) is 8.42 Å². The summed E-state index contributed by atoms with van der Waals surface area (Å²) >= 11 is 0. The third-order valence-corrected chi connectivity index (χ3v) is 4.26. The van der Waals surface area contributed by atoms with Gasteiger partial charge in [-0.1, -0.05) is 13.3 Å². The van der Waals surface area contributed by atoms with Crippen molar-refractivity contribution in [3.63, 3.8) is 0 Å². The van der Waals surface area contributed by atoms with Gasteiger partial charge in [0.1, 0.15) is 4.90 Å². The Hall–Kier alpha value is -0.980. The standard InChI is InChI=1S/C11H18N2O3S/c1-2-3-7-13(8-9-14)17(15,16)11-5-4-6-12-10-11/h4-6,10,14H,2-3,7-9H2,1H3. The Morgan fingerprint density at radius 3 is 2.71 bits per heavy atom. The van der Waals surface area contributed by atoms with E-state index in [2.05, 4.69) is 4.98 Å². The first-order valence-corrected chi connectivity index (χ1v) is 7.08. The Balaban J connectivity index is 2.92. The highest BCUT2D eigenvalue weighted by molar-refractivity contribution is 7.89. The minimum atomic E-state index is -3.52. The van der Waals surface area contributed by atoms with Gasteiger partial charge in [0.15, 0.2) is 0 Å². The second-order valence-electron chi connectivity index (χ2n) is 3.67. The molecule has 6 heteroatoms. The maximum Gasteiger partial charge on any atom is 0.244 e. The third kappa shape index (κ3) is 3.76. The fourth-order valence-corrected chi connectivity index (χ4v) is 2.88. The fraction of sp³-hybridized carbons (Fsp3) is 0.545. The number of hydrogen-bond acceptors (Lipinski definition) is 4. The smallest absolute Gasteiger partial charge is 0.244 e. The zero-order chi connectivity index (χ0) is 12.7. The fourth-order valence-electron chi connectivity index (χ4n) is 1.45. The molecule has 0 radical (unpaired) electrons. The minimum absolute atomic E-state index is 0.122. The van der Waals surface area contributed by atoms with Crippen molar-refractivity contribution in [2.75, 3.05) is 19.7 Å². The zero-order valence-corrected chi connectivity index (χ0v) is 10.7. The molecule has 0 amide bonds. The van der Waals surface area contributed by atoms with Gasteiger partial charge < -0.3 is 5.11 Å². The Morgan fingerprint density at radius 2 is 2.18 bits per heavy atom. The van der Waals surface area contributed by atoms with Gasteiger partial charge >= 0.3 is 0 Å². The molecule has 1 N–H and O–H groups in total. The van der Waals surface area contributed by atoms with E-state index in [4.69, 9.17) is 5.11 Å². The highest BCUT2D eigenvalue weighted by atomic mass is 32.2. The molecular formula is C11H18N2O3S. The average molecular weight is 258 g/mol. The molecule has 1 heterocycles. The second kappa shape index (κ2) is 6.68. The molecule has 0 aliphatic rings. The van der Waals surface area contributed by atoms with Crippen LogP contribution in [0.5, 0.6) is 0 Å². The molecule has 96 valence electrons. The molecule has 0 aliphatic heterocycles. The summed E-state index contributed by atoms with van der Waals surface area (Å²) in [5.74, 6) is 0. The lowest BCUT2D eigenvalue weighted by Crippen LogP contribution is -2.34. The lowest BCUT2D eigenvalue weighted by molar-refractivity contribution is 0.252. The van der Waals surface area contributed by atoms with E-state index in [1.807, 2.05) is 6.92 Å². The molecule has 0 spiro atoms. The van der Waals surface area contributed by atoms with Gasteiger partial charge in [0.05, 0.1) is 6.61 Å². The molecule has 0 fully saturated rings. The van der Waals surface area contributed by atoms with Crippen LogP contribution in [0.15, 0.2) is 29.4 Å². The summed E-state index contributed by atoms with van der Waals surface area (Å²) in [6, 6.07) is 3.10. The zero-order valence-electron chi connectivity index (χ0n) is 9.91. The molecule has 0 aromatic carbocycles. The predicted octanol–water partition coefficient (Wildman–Crippen LogP) is 0.865. The van der Waals surface area contributed by atoms with E-state index in [1.165, 1.54) is 22.8 Å². The molecule has 0 unspecified atom stereocenters. The third-order valence-electron chi connectivity index (χ3n) is 2.38. The number of aromatic nitrogens is 1. The summed E-state index contributed by atoms with van der Waals surface area (Å²) in [6.07, 6.45) is 4.54. The molecule has 1 aromatic rings. The van der Waals surface area contributed by atoms with Crippen LogP contribution in [0.2, 0.25) is 0 Å². The summed E-state index contributed by atoms with van der Waals surface area (Å²) in [5.41, 5.74) is 0. The molecule has 0 saturated carbocycles. The first-order valence-electron chi connectivity index (χ1n) is 5.64. The predicted molar refractivity (Wildman–Crippen MR) is 65.0 cm³/mol. The molecule has 0 bridgehead atoms. The quantitative estimate of drug-likeness (QED) is 0.787. The number of unbranched alkanes of at least 4 members (excludes halogenated alkanes) is 1. The first kappa shape index (κ1) is 14.1. The van der Waals surface area contributed by atoms with Crippen molar-refractivity contribution in [3.8, 4) is 0 Å². The lowest BCUT2D eigenvalue weighted by Gasteiger charge is -2.20. The second-order valence-corrected chi connectivity index (χ2v) is 5.61. The summed E-state index contributed by atoms with van der Waals surface area (Å²) in [5, 5.41) is 8.92. The molecule has 5 nitrogen and oxygen atoms in total. The van der Waals surface area contributed by atoms with E-state index < -0.39 is 10.0 Å². The summed E-state index contributed by atoms with van der Waals surface area (Å²) in [6.45, 7) is 2.36. The molecule has 1 aromatic heterocycles. The SMILES string of the molecule is CCCCN(CCO)S(=O)(=O)c1cccnc1. The van der Waals surface area contributed by atoms with Crippen LogP contribution in [0.1, 0.15) is 19.8 Å². The van der Waals surface area contributed by atoms with Gasteiger partial charge in [-0.3, -0.25) is 4.98 Å². The van der Waals surface area contributed by atoms with Crippen LogP contribution in [0, 0.1) is 0 Å². The van der Waals surface area contributed by atoms with E-state index in [1.54, 1.807) is 6.07 Å². The van der Waals surface area contributed by atoms with E-state index in [0.29, 0.717) is 6.54 Å². The summed E-state index contributed by atoms with van der Waals surface area (Å²) < 4.78 is 25.7. The summed E-state index contributed by atoms with van der Waals surface area (Å²) in [7, 11) is -3.52. The molecule has 1 rings (SSSR count). The molecule has 0 aliphatic carbocycles. The normalized spacial score (nSPS) is 11.9. The molecule has 0 saturated heterocycles. The monoisotopic (exact) mass is 258 g/mol. The van der Waals surface area contributed by atoms with Crippen LogP contribution in [0.25, 0.3) is 0 Å². The maximum atomic E-state index is 12.2. The Morgan fingerprint density at radius 1 is 1.41 bits per heavy atom. The number of aliphatic hydroxyl groups excluding tert-OH is 1. The van der Waals surface area contributed by atoms with Gasteiger partial charge in [-0.15, -0.1) is 0 Å². The number of aliphatic hydroxyl groups is 1. The number of pyridine rings is 1. The van der Waals surface area contributed by atoms with Crippen LogP contribution < -0.4 is 0 Å². The van der Waals surface area contributed by atoms with Crippen molar-refractivity contribution in [3.05, 3.63) is 24.5 Å². The summed E-state index contributed by atoms with van der Waals surface area (Å²) in [4.78, 5) is 3.98. The van der Waals surface area contributed by atoms with Gasteiger partial charge in [0, 0.05) is 25.5 Å². The molecular weight excluding hydrogens is 240 g/mol. The van der Waals surface area contributed by atoms with Gasteiger partial charge in [0.25, 0.3) is 0 Å². The molecule has 17 heavy (non-hydrogen) atoms. The van der Waals surface area contributed by atoms with E-state index >= 15 is 0 Å².